The third-order valence-electron chi connectivity index (χ3n) is 4.75. The van der Waals surface area contributed by atoms with Crippen LogP contribution in [0, 0.1) is 11.8 Å². The van der Waals surface area contributed by atoms with Gasteiger partial charge >= 0.3 is 6.09 Å². The molecule has 0 bridgehead atoms. The number of guanidine groups is 1. The Kier molecular flexibility index (Phi) is 16.3. The number of aliphatic imine (C=N–C) groups is 1. The molecule has 0 aliphatic carbocycles. The van der Waals surface area contributed by atoms with Crippen LogP contribution in [0.2, 0.25) is 0 Å². The molecule has 9 heteroatoms. The molecular weight excluding hydrogens is 511 g/mol. The number of amides is 1. The molecule has 1 rings (SSSR count). The van der Waals surface area contributed by atoms with Gasteiger partial charge in [0.15, 0.2) is 5.96 Å². The smallest absolute Gasteiger partial charge is 0.407 e. The Labute approximate surface area is 206 Å². The van der Waals surface area contributed by atoms with Crippen molar-refractivity contribution in [3.05, 3.63) is 0 Å². The Morgan fingerprint density at radius 1 is 1.19 bits per heavy atom. The van der Waals surface area contributed by atoms with Crippen LogP contribution in [0.1, 0.15) is 60.8 Å². The Bertz CT molecular complexity index is 506. The van der Waals surface area contributed by atoms with Crippen molar-refractivity contribution in [2.75, 3.05) is 46.1 Å². The van der Waals surface area contributed by atoms with Gasteiger partial charge in [0, 0.05) is 39.5 Å². The number of nitrogens with one attached hydrogen (secondary N) is 3. The van der Waals surface area contributed by atoms with Gasteiger partial charge in [-0.1, -0.05) is 13.8 Å². The maximum absolute atomic E-state index is 12.1. The normalized spacial score (nSPS) is 16.4. The van der Waals surface area contributed by atoms with Crippen LogP contribution in [0.3, 0.4) is 0 Å². The summed E-state index contributed by atoms with van der Waals surface area (Å²) in [6.07, 6.45) is 2.71. The third-order valence-corrected chi connectivity index (χ3v) is 4.75. The molecular formula is C22H45IN4O4. The van der Waals surface area contributed by atoms with Crippen LogP contribution in [0.4, 0.5) is 4.79 Å². The minimum absolute atomic E-state index is 0. The maximum atomic E-state index is 12.1. The number of carbonyl (C=O) groups is 1. The van der Waals surface area contributed by atoms with Gasteiger partial charge in [0.2, 0.25) is 0 Å². The van der Waals surface area contributed by atoms with Gasteiger partial charge in [-0.25, -0.2) is 4.79 Å². The molecule has 0 aromatic heterocycles. The van der Waals surface area contributed by atoms with Gasteiger partial charge in [-0.05, 0) is 58.8 Å². The second-order valence-corrected chi connectivity index (χ2v) is 9.13. The molecule has 8 nitrogen and oxygen atoms in total. The molecule has 0 aromatic carbocycles. The minimum atomic E-state index is -0.516. The van der Waals surface area contributed by atoms with Crippen LogP contribution in [0.15, 0.2) is 4.99 Å². The largest absolute Gasteiger partial charge is 0.444 e. The number of halogens is 1. The van der Waals surface area contributed by atoms with E-state index in [2.05, 4.69) is 34.8 Å². The van der Waals surface area contributed by atoms with Gasteiger partial charge in [0.05, 0.1) is 12.6 Å². The summed E-state index contributed by atoms with van der Waals surface area (Å²) in [5.41, 5.74) is -0.516. The second-order valence-electron chi connectivity index (χ2n) is 9.13. The van der Waals surface area contributed by atoms with Crippen molar-refractivity contribution in [3.8, 4) is 0 Å². The van der Waals surface area contributed by atoms with Crippen molar-refractivity contribution in [3.63, 3.8) is 0 Å². The van der Waals surface area contributed by atoms with Crippen molar-refractivity contribution in [1.82, 2.24) is 16.0 Å². The molecule has 3 N–H and O–H groups in total. The zero-order chi connectivity index (χ0) is 22.4. The van der Waals surface area contributed by atoms with E-state index in [4.69, 9.17) is 14.2 Å². The SMILES string of the molecule is CCNC(=NCC(NC(=O)OC(C)(C)C)C(C)C)NCCCOCC1CCOCC1.I. The molecule has 1 aliphatic heterocycles. The lowest BCUT2D eigenvalue weighted by molar-refractivity contribution is 0.0203. The van der Waals surface area contributed by atoms with Gasteiger partial charge in [-0.2, -0.15) is 0 Å². The Morgan fingerprint density at radius 2 is 1.87 bits per heavy atom. The van der Waals surface area contributed by atoms with Gasteiger partial charge < -0.3 is 30.2 Å². The average molecular weight is 557 g/mol. The van der Waals surface area contributed by atoms with Crippen LogP contribution in [-0.4, -0.2) is 69.8 Å². The number of rotatable bonds is 11. The molecule has 1 atom stereocenters. The van der Waals surface area contributed by atoms with Crippen LogP contribution in [-0.2, 0) is 14.2 Å². The number of hydrogen-bond acceptors (Lipinski definition) is 5. The summed E-state index contributed by atoms with van der Waals surface area (Å²) >= 11 is 0. The van der Waals surface area contributed by atoms with Crippen LogP contribution in [0.5, 0.6) is 0 Å². The molecule has 1 unspecified atom stereocenters. The highest BCUT2D eigenvalue weighted by atomic mass is 127. The van der Waals surface area contributed by atoms with Crippen LogP contribution >= 0.6 is 24.0 Å². The lowest BCUT2D eigenvalue weighted by atomic mass is 10.0. The Balaban J connectivity index is 0.00000900. The summed E-state index contributed by atoms with van der Waals surface area (Å²) in [5.74, 6) is 1.62. The molecule has 184 valence electrons. The van der Waals surface area contributed by atoms with Crippen molar-refractivity contribution in [1.29, 1.82) is 0 Å². The van der Waals surface area contributed by atoms with E-state index < -0.39 is 11.7 Å². The van der Waals surface area contributed by atoms with Crippen molar-refractivity contribution in [2.24, 2.45) is 16.8 Å². The first kappa shape index (κ1) is 30.2. The highest BCUT2D eigenvalue weighted by molar-refractivity contribution is 14.0. The van der Waals surface area contributed by atoms with Gasteiger partial charge in [-0.15, -0.1) is 24.0 Å². The lowest BCUT2D eigenvalue weighted by Gasteiger charge is -2.25. The first-order valence-electron chi connectivity index (χ1n) is 11.4. The van der Waals surface area contributed by atoms with Crippen molar-refractivity contribution < 1.29 is 19.0 Å². The van der Waals surface area contributed by atoms with E-state index in [0.29, 0.717) is 12.5 Å². The van der Waals surface area contributed by atoms with Gasteiger partial charge in [0.25, 0.3) is 0 Å². The number of carbonyl (C=O) groups excluding carboxylic acids is 1. The van der Waals surface area contributed by atoms with E-state index in [0.717, 1.165) is 64.7 Å². The van der Waals surface area contributed by atoms with Crippen molar-refractivity contribution >= 4 is 36.0 Å². The Morgan fingerprint density at radius 3 is 2.45 bits per heavy atom. The lowest BCUT2D eigenvalue weighted by Crippen LogP contribution is -2.45. The highest BCUT2D eigenvalue weighted by Gasteiger charge is 2.21. The summed E-state index contributed by atoms with van der Waals surface area (Å²) in [6, 6.07) is -0.0990. The summed E-state index contributed by atoms with van der Waals surface area (Å²) in [4.78, 5) is 16.7. The zero-order valence-corrected chi connectivity index (χ0v) is 22.6. The second kappa shape index (κ2) is 16.8. The number of alkyl carbamates (subject to hydrolysis) is 1. The standard InChI is InChI=1S/C22H44N4O4.HI/c1-7-23-20(24-11-8-12-29-16-18-9-13-28-14-10-18)25-15-19(17(2)3)26-21(27)30-22(4,5)6;/h17-19H,7-16H2,1-6H3,(H,26,27)(H2,23,24,25);1H. The highest BCUT2D eigenvalue weighted by Crippen LogP contribution is 2.14. The summed E-state index contributed by atoms with van der Waals surface area (Å²) in [5, 5.41) is 9.52. The first-order chi connectivity index (χ1) is 14.2. The molecule has 0 saturated carbocycles. The molecule has 0 aromatic rings. The zero-order valence-electron chi connectivity index (χ0n) is 20.3. The molecule has 31 heavy (non-hydrogen) atoms. The van der Waals surface area contributed by atoms with Crippen LogP contribution in [0.25, 0.3) is 0 Å². The molecule has 1 fully saturated rings. The van der Waals surface area contributed by atoms with E-state index in [9.17, 15) is 4.79 Å². The third kappa shape index (κ3) is 15.6. The molecule has 1 amide bonds. The summed E-state index contributed by atoms with van der Waals surface area (Å²) in [7, 11) is 0. The number of nitrogens with zero attached hydrogens (tertiary/aromatic N) is 1. The van der Waals surface area contributed by atoms with E-state index in [1.54, 1.807) is 0 Å². The fourth-order valence-corrected chi connectivity index (χ4v) is 2.96. The predicted octanol–water partition coefficient (Wildman–Crippen LogP) is 3.54. The average Bonchev–Trinajstić information content (AvgIpc) is 2.66. The van der Waals surface area contributed by atoms with Crippen LogP contribution < -0.4 is 16.0 Å². The maximum Gasteiger partial charge on any atom is 0.407 e. The van der Waals surface area contributed by atoms with Gasteiger partial charge in [-0.3, -0.25) is 4.99 Å². The first-order valence-corrected chi connectivity index (χ1v) is 11.4. The molecule has 1 saturated heterocycles. The summed E-state index contributed by atoms with van der Waals surface area (Å²) < 4.78 is 16.6. The summed E-state index contributed by atoms with van der Waals surface area (Å²) in [6.45, 7) is 17.0. The molecule has 0 spiro atoms. The fraction of sp³-hybridized carbons (Fsp3) is 0.909. The predicted molar refractivity (Wildman–Crippen MR) is 136 cm³/mol. The quantitative estimate of drug-likeness (QED) is 0.156. The molecule has 0 radical (unpaired) electrons. The minimum Gasteiger partial charge on any atom is -0.444 e. The van der Waals surface area contributed by atoms with Crippen molar-refractivity contribution in [2.45, 2.75) is 72.4 Å². The van der Waals surface area contributed by atoms with Gasteiger partial charge in [0.1, 0.15) is 5.60 Å². The van der Waals surface area contributed by atoms with E-state index in [-0.39, 0.29) is 35.9 Å². The topological polar surface area (TPSA) is 93.2 Å². The molecule has 1 heterocycles. The molecule has 1 aliphatic rings. The Hall–Kier alpha value is -0.810. The fourth-order valence-electron chi connectivity index (χ4n) is 2.96. The van der Waals surface area contributed by atoms with E-state index in [1.807, 2.05) is 27.7 Å². The van der Waals surface area contributed by atoms with E-state index >= 15 is 0 Å². The van der Waals surface area contributed by atoms with E-state index in [1.165, 1.54) is 0 Å². The number of ether oxygens (including phenoxy) is 3. The monoisotopic (exact) mass is 556 g/mol. The number of hydrogen-bond donors (Lipinski definition) is 3.